The number of halogens is 1. The van der Waals surface area contributed by atoms with Gasteiger partial charge in [-0.1, -0.05) is 23.9 Å². The van der Waals surface area contributed by atoms with Crippen molar-refractivity contribution in [2.45, 2.75) is 5.16 Å². The lowest BCUT2D eigenvalue weighted by Crippen LogP contribution is -2.19. The molecule has 0 unspecified atom stereocenters. The summed E-state index contributed by atoms with van der Waals surface area (Å²) in [5.74, 6) is -0.406. The molecule has 0 saturated heterocycles. The lowest BCUT2D eigenvalue weighted by Gasteiger charge is -1.99. The number of rotatable bonds is 5. The number of aromatic nitrogens is 2. The third-order valence-electron chi connectivity index (χ3n) is 2.15. The minimum Gasteiger partial charge on any atom is -0.272 e. The molecule has 0 radical (unpaired) electrons. The van der Waals surface area contributed by atoms with Crippen molar-refractivity contribution in [3.8, 4) is 0 Å². The Morgan fingerprint density at radius 2 is 2.00 bits per heavy atom. The zero-order valence-corrected chi connectivity index (χ0v) is 11.2. The topological polar surface area (TPSA) is 67.2 Å². The smallest absolute Gasteiger partial charge is 0.250 e. The summed E-state index contributed by atoms with van der Waals surface area (Å²) < 4.78 is 12.7. The molecule has 0 saturated carbocycles. The van der Waals surface area contributed by atoms with E-state index in [0.29, 0.717) is 10.7 Å². The number of carbonyl (C=O) groups excluding carboxylic acids is 1. The Balaban J connectivity index is 1.76. The van der Waals surface area contributed by atoms with Gasteiger partial charge in [0.25, 0.3) is 5.91 Å². The quantitative estimate of drug-likeness (QED) is 0.395. The van der Waals surface area contributed by atoms with Crippen LogP contribution in [-0.2, 0) is 4.79 Å². The van der Waals surface area contributed by atoms with E-state index in [-0.39, 0.29) is 17.5 Å². The average Bonchev–Trinajstić information content (AvgIpc) is 2.48. The fourth-order valence-corrected chi connectivity index (χ4v) is 1.85. The van der Waals surface area contributed by atoms with E-state index in [1.165, 1.54) is 30.1 Å². The van der Waals surface area contributed by atoms with E-state index in [9.17, 15) is 9.18 Å². The Morgan fingerprint density at radius 3 is 2.70 bits per heavy atom. The van der Waals surface area contributed by atoms with Crippen molar-refractivity contribution < 1.29 is 9.18 Å². The second-order valence-corrected chi connectivity index (χ2v) is 4.61. The fraction of sp³-hybridized carbons (Fsp3) is 0.0769. The second kappa shape index (κ2) is 7.34. The first-order valence-electron chi connectivity index (χ1n) is 5.71. The predicted molar refractivity (Wildman–Crippen MR) is 74.9 cm³/mol. The molecular weight excluding hydrogens is 279 g/mol. The van der Waals surface area contributed by atoms with Gasteiger partial charge in [0, 0.05) is 12.4 Å². The molecule has 0 aliphatic heterocycles. The summed E-state index contributed by atoms with van der Waals surface area (Å²) in [6, 6.07) is 7.49. The van der Waals surface area contributed by atoms with E-state index in [0.717, 1.165) is 0 Å². The van der Waals surface area contributed by atoms with E-state index in [1.54, 1.807) is 30.6 Å². The van der Waals surface area contributed by atoms with Gasteiger partial charge in [-0.05, 0) is 23.8 Å². The molecule has 20 heavy (non-hydrogen) atoms. The van der Waals surface area contributed by atoms with E-state index in [2.05, 4.69) is 20.5 Å². The van der Waals surface area contributed by atoms with E-state index < -0.39 is 0 Å². The highest BCUT2D eigenvalue weighted by molar-refractivity contribution is 7.99. The molecule has 2 rings (SSSR count). The molecule has 2 aromatic rings. The lowest BCUT2D eigenvalue weighted by molar-refractivity contribution is -0.118. The zero-order valence-electron chi connectivity index (χ0n) is 10.4. The number of carbonyl (C=O) groups is 1. The zero-order chi connectivity index (χ0) is 14.2. The molecule has 1 aromatic carbocycles. The summed E-state index contributed by atoms with van der Waals surface area (Å²) in [6.07, 6.45) is 4.67. The average molecular weight is 290 g/mol. The largest absolute Gasteiger partial charge is 0.272 e. The molecule has 1 amide bonds. The molecule has 102 valence electrons. The van der Waals surface area contributed by atoms with Crippen molar-refractivity contribution in [3.05, 3.63) is 54.1 Å². The number of benzene rings is 1. The van der Waals surface area contributed by atoms with Gasteiger partial charge in [0.15, 0.2) is 5.16 Å². The van der Waals surface area contributed by atoms with E-state index in [1.807, 2.05) is 0 Å². The van der Waals surface area contributed by atoms with Gasteiger partial charge in [-0.2, -0.15) is 5.10 Å². The number of thioether (sulfide) groups is 1. The monoisotopic (exact) mass is 290 g/mol. The van der Waals surface area contributed by atoms with Crippen molar-refractivity contribution in [2.24, 2.45) is 5.10 Å². The Labute approximate surface area is 119 Å². The maximum Gasteiger partial charge on any atom is 0.250 e. The first-order chi connectivity index (χ1) is 9.74. The molecule has 0 aliphatic carbocycles. The van der Waals surface area contributed by atoms with Gasteiger partial charge in [-0.25, -0.2) is 19.8 Å². The van der Waals surface area contributed by atoms with Gasteiger partial charge < -0.3 is 0 Å². The van der Waals surface area contributed by atoms with Crippen LogP contribution in [0.1, 0.15) is 5.56 Å². The molecular formula is C13H11FN4OS. The summed E-state index contributed by atoms with van der Waals surface area (Å²) in [7, 11) is 0. The van der Waals surface area contributed by atoms with Crippen LogP contribution in [0.25, 0.3) is 0 Å². The summed E-state index contributed by atoms with van der Waals surface area (Å²) in [5.41, 5.74) is 3.08. The highest BCUT2D eigenvalue weighted by Crippen LogP contribution is 2.09. The first-order valence-corrected chi connectivity index (χ1v) is 6.70. The van der Waals surface area contributed by atoms with Crippen LogP contribution in [0, 0.1) is 5.82 Å². The van der Waals surface area contributed by atoms with Gasteiger partial charge >= 0.3 is 0 Å². The highest BCUT2D eigenvalue weighted by Gasteiger charge is 2.02. The molecule has 0 atom stereocenters. The van der Waals surface area contributed by atoms with E-state index in [4.69, 9.17) is 0 Å². The molecule has 1 aromatic heterocycles. The third-order valence-corrected chi connectivity index (χ3v) is 3.02. The summed E-state index contributed by atoms with van der Waals surface area (Å²) in [4.78, 5) is 19.5. The van der Waals surface area contributed by atoms with Crippen LogP contribution >= 0.6 is 11.8 Å². The number of nitrogens with one attached hydrogen (secondary N) is 1. The second-order valence-electron chi connectivity index (χ2n) is 3.66. The van der Waals surface area contributed by atoms with Crippen LogP contribution in [0.3, 0.4) is 0 Å². The molecule has 5 nitrogen and oxygen atoms in total. The van der Waals surface area contributed by atoms with Crippen LogP contribution in [0.4, 0.5) is 4.39 Å². The van der Waals surface area contributed by atoms with Crippen molar-refractivity contribution in [1.82, 2.24) is 15.4 Å². The molecule has 0 fully saturated rings. The molecule has 1 heterocycles. The van der Waals surface area contributed by atoms with Crippen LogP contribution in [0.5, 0.6) is 0 Å². The first kappa shape index (κ1) is 14.1. The van der Waals surface area contributed by atoms with Crippen molar-refractivity contribution >= 4 is 23.9 Å². The lowest BCUT2D eigenvalue weighted by atomic mass is 10.2. The normalized spacial score (nSPS) is 10.7. The van der Waals surface area contributed by atoms with Crippen molar-refractivity contribution in [2.75, 3.05) is 5.75 Å². The molecule has 7 heteroatoms. The van der Waals surface area contributed by atoms with Crippen LogP contribution < -0.4 is 5.43 Å². The number of nitrogens with zero attached hydrogens (tertiary/aromatic N) is 3. The van der Waals surface area contributed by atoms with Crippen molar-refractivity contribution in [1.29, 1.82) is 0 Å². The number of hydrazone groups is 1. The Kier molecular flexibility index (Phi) is 5.19. The minimum atomic E-state index is -0.314. The van der Waals surface area contributed by atoms with Gasteiger partial charge in [0.1, 0.15) is 5.82 Å². The highest BCUT2D eigenvalue weighted by atomic mass is 32.2. The third kappa shape index (κ3) is 4.77. The SMILES string of the molecule is O=C(CSc1ncccn1)N/N=C\c1ccc(F)cc1. The maximum absolute atomic E-state index is 12.7. The standard InChI is InChI=1S/C13H11FN4OS/c14-11-4-2-10(3-5-11)8-17-18-12(19)9-20-13-15-6-1-7-16-13/h1-8H,9H2,(H,18,19)/b17-8-. The van der Waals surface area contributed by atoms with Crippen molar-refractivity contribution in [3.63, 3.8) is 0 Å². The number of amides is 1. The fourth-order valence-electron chi connectivity index (χ4n) is 1.25. The van der Waals surface area contributed by atoms with Crippen LogP contribution in [-0.4, -0.2) is 27.8 Å². The Bertz CT molecular complexity index is 589. The van der Waals surface area contributed by atoms with E-state index >= 15 is 0 Å². The minimum absolute atomic E-state index is 0.171. The number of hydrogen-bond acceptors (Lipinski definition) is 5. The van der Waals surface area contributed by atoms with Gasteiger partial charge in [-0.15, -0.1) is 0 Å². The molecule has 0 aliphatic rings. The van der Waals surface area contributed by atoms with Crippen LogP contribution in [0.2, 0.25) is 0 Å². The van der Waals surface area contributed by atoms with Gasteiger partial charge in [0.2, 0.25) is 0 Å². The van der Waals surface area contributed by atoms with Gasteiger partial charge in [0.05, 0.1) is 12.0 Å². The molecule has 1 N–H and O–H groups in total. The Morgan fingerprint density at radius 1 is 1.30 bits per heavy atom. The summed E-state index contributed by atoms with van der Waals surface area (Å²) in [6.45, 7) is 0. The Hall–Kier alpha value is -2.28. The number of hydrogen-bond donors (Lipinski definition) is 1. The summed E-state index contributed by atoms with van der Waals surface area (Å²) in [5, 5.41) is 4.31. The maximum atomic E-state index is 12.7. The molecule has 0 bridgehead atoms. The van der Waals surface area contributed by atoms with Gasteiger partial charge in [-0.3, -0.25) is 4.79 Å². The molecule has 0 spiro atoms. The summed E-state index contributed by atoms with van der Waals surface area (Å²) >= 11 is 1.22. The van der Waals surface area contributed by atoms with Crippen LogP contribution in [0.15, 0.2) is 53.0 Å². The predicted octanol–water partition coefficient (Wildman–Crippen LogP) is 1.86.